The minimum atomic E-state index is 0.752. The average Bonchev–Trinajstić information content (AvgIpc) is 2.59. The van der Waals surface area contributed by atoms with Crippen molar-refractivity contribution >= 4 is 22.6 Å². The molecule has 1 heterocycles. The van der Waals surface area contributed by atoms with Gasteiger partial charge in [-0.05, 0) is 25.2 Å². The molecule has 14 heavy (non-hydrogen) atoms. The van der Waals surface area contributed by atoms with Crippen LogP contribution in [0.5, 0.6) is 0 Å². The van der Waals surface area contributed by atoms with Crippen LogP contribution in [0.3, 0.4) is 0 Å². The maximum Gasteiger partial charge on any atom is 0.135 e. The van der Waals surface area contributed by atoms with Gasteiger partial charge in [-0.2, -0.15) is 0 Å². The van der Waals surface area contributed by atoms with Gasteiger partial charge in [0.15, 0.2) is 0 Å². The van der Waals surface area contributed by atoms with E-state index in [0.717, 1.165) is 34.7 Å². The molecule has 3 heteroatoms. The van der Waals surface area contributed by atoms with Crippen LogP contribution in [-0.2, 0) is 6.42 Å². The van der Waals surface area contributed by atoms with Crippen molar-refractivity contribution in [1.82, 2.24) is 5.32 Å². The summed E-state index contributed by atoms with van der Waals surface area (Å²) in [5.41, 5.74) is 0.864. The smallest absolute Gasteiger partial charge is 0.135 e. The summed E-state index contributed by atoms with van der Waals surface area (Å²) < 4.78 is 5.63. The maximum atomic E-state index is 6.03. The van der Waals surface area contributed by atoms with Gasteiger partial charge in [-0.15, -0.1) is 0 Å². The summed E-state index contributed by atoms with van der Waals surface area (Å²) in [5, 5.41) is 4.83. The van der Waals surface area contributed by atoms with E-state index in [2.05, 4.69) is 5.32 Å². The van der Waals surface area contributed by atoms with Crippen LogP contribution in [0.4, 0.5) is 0 Å². The average molecular weight is 210 g/mol. The molecule has 0 saturated heterocycles. The van der Waals surface area contributed by atoms with E-state index in [9.17, 15) is 0 Å². The first kappa shape index (κ1) is 9.56. The minimum Gasteiger partial charge on any atom is -0.461 e. The fraction of sp³-hybridized carbons (Fsp3) is 0.273. The van der Waals surface area contributed by atoms with Crippen LogP contribution in [0.1, 0.15) is 5.76 Å². The molecule has 0 aliphatic carbocycles. The lowest BCUT2D eigenvalue weighted by Gasteiger charge is -1.93. The zero-order valence-electron chi connectivity index (χ0n) is 8.01. The Hall–Kier alpha value is -0.990. The Morgan fingerprint density at radius 2 is 2.29 bits per heavy atom. The number of furan rings is 1. The van der Waals surface area contributed by atoms with Crippen LogP contribution in [0.2, 0.25) is 5.02 Å². The molecule has 1 aromatic heterocycles. The van der Waals surface area contributed by atoms with Gasteiger partial charge in [0.05, 0.1) is 5.02 Å². The van der Waals surface area contributed by atoms with E-state index in [1.807, 2.05) is 31.3 Å². The van der Waals surface area contributed by atoms with Crippen molar-refractivity contribution in [2.75, 3.05) is 13.6 Å². The largest absolute Gasteiger partial charge is 0.461 e. The van der Waals surface area contributed by atoms with Crippen LogP contribution in [0.15, 0.2) is 28.7 Å². The highest BCUT2D eigenvalue weighted by atomic mass is 35.5. The van der Waals surface area contributed by atoms with Gasteiger partial charge in [0.2, 0.25) is 0 Å². The first-order valence-electron chi connectivity index (χ1n) is 4.63. The standard InChI is InChI=1S/C11H12ClNO/c1-13-6-5-8-7-9-10(12)3-2-4-11(9)14-8/h2-4,7,13H,5-6H2,1H3. The summed E-state index contributed by atoms with van der Waals surface area (Å²) in [6.07, 6.45) is 0.890. The molecule has 0 fully saturated rings. The second-order valence-corrected chi connectivity index (χ2v) is 3.63. The van der Waals surface area contributed by atoms with Crippen molar-refractivity contribution in [3.05, 3.63) is 35.0 Å². The SMILES string of the molecule is CNCCc1cc2c(Cl)cccc2o1. The van der Waals surface area contributed by atoms with Gasteiger partial charge in [-0.3, -0.25) is 0 Å². The number of rotatable bonds is 3. The van der Waals surface area contributed by atoms with Crippen LogP contribution in [-0.4, -0.2) is 13.6 Å². The molecule has 1 aromatic carbocycles. The van der Waals surface area contributed by atoms with E-state index in [0.29, 0.717) is 0 Å². The van der Waals surface area contributed by atoms with E-state index >= 15 is 0 Å². The molecule has 0 amide bonds. The van der Waals surface area contributed by atoms with Crippen molar-refractivity contribution in [2.24, 2.45) is 0 Å². The maximum absolute atomic E-state index is 6.03. The highest BCUT2D eigenvalue weighted by Gasteiger charge is 2.05. The Labute approximate surface area is 87.9 Å². The topological polar surface area (TPSA) is 25.2 Å². The second-order valence-electron chi connectivity index (χ2n) is 3.22. The molecule has 0 bridgehead atoms. The summed E-state index contributed by atoms with van der Waals surface area (Å²) in [7, 11) is 1.93. The molecule has 2 nitrogen and oxygen atoms in total. The lowest BCUT2D eigenvalue weighted by molar-refractivity contribution is 0.541. The molecule has 0 saturated carbocycles. The van der Waals surface area contributed by atoms with Gasteiger partial charge in [-0.1, -0.05) is 17.7 Å². The van der Waals surface area contributed by atoms with Crippen molar-refractivity contribution in [3.63, 3.8) is 0 Å². The van der Waals surface area contributed by atoms with Gasteiger partial charge in [0, 0.05) is 18.4 Å². The number of fused-ring (bicyclic) bond motifs is 1. The Morgan fingerprint density at radius 1 is 1.43 bits per heavy atom. The van der Waals surface area contributed by atoms with Gasteiger partial charge in [0.1, 0.15) is 11.3 Å². The molecule has 0 aliphatic rings. The number of nitrogens with one attached hydrogen (secondary N) is 1. The third-order valence-electron chi connectivity index (χ3n) is 2.18. The van der Waals surface area contributed by atoms with Crippen LogP contribution < -0.4 is 5.32 Å². The van der Waals surface area contributed by atoms with E-state index in [-0.39, 0.29) is 0 Å². The summed E-state index contributed by atoms with van der Waals surface area (Å²) in [4.78, 5) is 0. The molecule has 2 aromatic rings. The molecule has 0 radical (unpaired) electrons. The van der Waals surface area contributed by atoms with Gasteiger partial charge < -0.3 is 9.73 Å². The fourth-order valence-electron chi connectivity index (χ4n) is 1.45. The van der Waals surface area contributed by atoms with Crippen molar-refractivity contribution in [1.29, 1.82) is 0 Å². The highest BCUT2D eigenvalue weighted by Crippen LogP contribution is 2.26. The molecule has 0 spiro atoms. The van der Waals surface area contributed by atoms with E-state index in [4.69, 9.17) is 16.0 Å². The minimum absolute atomic E-state index is 0.752. The van der Waals surface area contributed by atoms with E-state index in [1.165, 1.54) is 0 Å². The number of likely N-dealkylation sites (N-methyl/N-ethyl adjacent to an activating group) is 1. The molecular weight excluding hydrogens is 198 g/mol. The van der Waals surface area contributed by atoms with E-state index < -0.39 is 0 Å². The quantitative estimate of drug-likeness (QED) is 0.841. The number of benzene rings is 1. The summed E-state index contributed by atoms with van der Waals surface area (Å²) in [6.45, 7) is 0.914. The van der Waals surface area contributed by atoms with Crippen molar-refractivity contribution in [2.45, 2.75) is 6.42 Å². The zero-order chi connectivity index (χ0) is 9.97. The van der Waals surface area contributed by atoms with Crippen molar-refractivity contribution in [3.8, 4) is 0 Å². The number of halogens is 1. The summed E-state index contributed by atoms with van der Waals surface area (Å²) >= 11 is 6.03. The molecule has 1 N–H and O–H groups in total. The van der Waals surface area contributed by atoms with Crippen LogP contribution in [0.25, 0.3) is 11.0 Å². The Bertz CT molecular complexity index is 436. The number of hydrogen-bond acceptors (Lipinski definition) is 2. The Kier molecular flexibility index (Phi) is 2.75. The first-order valence-corrected chi connectivity index (χ1v) is 5.00. The third kappa shape index (κ3) is 1.76. The van der Waals surface area contributed by atoms with Crippen LogP contribution in [0, 0.1) is 0 Å². The molecule has 0 aliphatic heterocycles. The Balaban J connectivity index is 2.36. The molecular formula is C11H12ClNO. The van der Waals surface area contributed by atoms with Gasteiger partial charge in [-0.25, -0.2) is 0 Å². The van der Waals surface area contributed by atoms with Crippen molar-refractivity contribution < 1.29 is 4.42 Å². The molecule has 0 unspecified atom stereocenters. The fourth-order valence-corrected chi connectivity index (χ4v) is 1.67. The predicted octanol–water partition coefficient (Wildman–Crippen LogP) is 2.85. The first-order chi connectivity index (χ1) is 6.81. The molecule has 0 atom stereocenters. The zero-order valence-corrected chi connectivity index (χ0v) is 8.77. The predicted molar refractivity (Wildman–Crippen MR) is 58.9 cm³/mol. The number of hydrogen-bond donors (Lipinski definition) is 1. The van der Waals surface area contributed by atoms with Crippen LogP contribution >= 0.6 is 11.6 Å². The lowest BCUT2D eigenvalue weighted by Crippen LogP contribution is -2.09. The molecule has 2 rings (SSSR count). The third-order valence-corrected chi connectivity index (χ3v) is 2.51. The van der Waals surface area contributed by atoms with Gasteiger partial charge >= 0.3 is 0 Å². The Morgan fingerprint density at radius 3 is 3.00 bits per heavy atom. The van der Waals surface area contributed by atoms with E-state index in [1.54, 1.807) is 0 Å². The van der Waals surface area contributed by atoms with Gasteiger partial charge in [0.25, 0.3) is 0 Å². The monoisotopic (exact) mass is 209 g/mol. The summed E-state index contributed by atoms with van der Waals surface area (Å²) in [5.74, 6) is 0.974. The molecule has 74 valence electrons. The lowest BCUT2D eigenvalue weighted by atomic mass is 10.2. The second kappa shape index (κ2) is 4.03. The summed E-state index contributed by atoms with van der Waals surface area (Å²) in [6, 6.07) is 7.72. The highest BCUT2D eigenvalue weighted by molar-refractivity contribution is 6.35. The normalized spacial score (nSPS) is 11.0.